The zero-order valence-corrected chi connectivity index (χ0v) is 14.1. The molecule has 0 bridgehead atoms. The summed E-state index contributed by atoms with van der Waals surface area (Å²) >= 11 is 3.61. The third-order valence-electron chi connectivity index (χ3n) is 3.88. The van der Waals surface area contributed by atoms with Crippen molar-refractivity contribution in [3.8, 4) is 0 Å². The first-order chi connectivity index (χ1) is 9.65. The van der Waals surface area contributed by atoms with Crippen LogP contribution in [0.2, 0.25) is 0 Å². The maximum Gasteiger partial charge on any atom is 0.0220 e. The maximum atomic E-state index is 3.69. The molecule has 110 valence electrons. The summed E-state index contributed by atoms with van der Waals surface area (Å²) in [6.45, 7) is 8.83. The summed E-state index contributed by atoms with van der Waals surface area (Å²) < 4.78 is 1.20. The van der Waals surface area contributed by atoms with Crippen LogP contribution in [-0.2, 0) is 6.54 Å². The molecule has 1 saturated heterocycles. The predicted molar refractivity (Wildman–Crippen MR) is 89.9 cm³/mol. The number of rotatable bonds is 5. The maximum absolute atomic E-state index is 3.69. The number of halogens is 1. The minimum atomic E-state index is 0.657. The Morgan fingerprint density at radius 3 is 2.65 bits per heavy atom. The fourth-order valence-electron chi connectivity index (χ4n) is 2.53. The van der Waals surface area contributed by atoms with E-state index in [-0.39, 0.29) is 0 Å². The summed E-state index contributed by atoms with van der Waals surface area (Å²) in [5.74, 6) is 0. The minimum absolute atomic E-state index is 0.657. The van der Waals surface area contributed by atoms with E-state index in [1.54, 1.807) is 0 Å². The Labute approximate surface area is 131 Å². The van der Waals surface area contributed by atoms with Gasteiger partial charge in [0.25, 0.3) is 0 Å². The summed E-state index contributed by atoms with van der Waals surface area (Å²) in [7, 11) is 0. The van der Waals surface area contributed by atoms with Gasteiger partial charge < -0.3 is 5.32 Å². The summed E-state index contributed by atoms with van der Waals surface area (Å²) in [5, 5.41) is 3.69. The molecule has 2 nitrogen and oxygen atoms in total. The Bertz CT molecular complexity index is 444. The molecule has 0 aliphatic carbocycles. The van der Waals surface area contributed by atoms with Gasteiger partial charge in [0.15, 0.2) is 0 Å². The third kappa shape index (κ3) is 5.04. The molecular weight excluding hydrogens is 312 g/mol. The Morgan fingerprint density at radius 2 is 2.00 bits per heavy atom. The Morgan fingerprint density at radius 1 is 1.30 bits per heavy atom. The molecule has 1 fully saturated rings. The lowest BCUT2D eigenvalue weighted by molar-refractivity contribution is 0.214. The van der Waals surface area contributed by atoms with E-state index in [0.717, 1.165) is 13.1 Å². The first kappa shape index (κ1) is 15.7. The molecule has 0 amide bonds. The van der Waals surface area contributed by atoms with E-state index >= 15 is 0 Å². The molecule has 0 spiro atoms. The highest BCUT2D eigenvalue weighted by molar-refractivity contribution is 9.10. The number of benzene rings is 1. The van der Waals surface area contributed by atoms with Crippen molar-refractivity contribution in [3.63, 3.8) is 0 Å². The third-order valence-corrected chi connectivity index (χ3v) is 4.66. The van der Waals surface area contributed by atoms with E-state index in [0.29, 0.717) is 6.04 Å². The average Bonchev–Trinajstić information content (AvgIpc) is 2.45. The quantitative estimate of drug-likeness (QED) is 0.818. The van der Waals surface area contributed by atoms with Crippen molar-refractivity contribution < 1.29 is 0 Å². The van der Waals surface area contributed by atoms with Crippen LogP contribution in [0.15, 0.2) is 40.4 Å². The number of nitrogens with one attached hydrogen (secondary N) is 1. The lowest BCUT2D eigenvalue weighted by Gasteiger charge is -2.32. The van der Waals surface area contributed by atoms with Crippen molar-refractivity contribution in [3.05, 3.63) is 46.0 Å². The molecule has 2 rings (SSSR count). The van der Waals surface area contributed by atoms with Crippen LogP contribution in [0, 0.1) is 0 Å². The lowest BCUT2D eigenvalue weighted by Crippen LogP contribution is -2.42. The summed E-state index contributed by atoms with van der Waals surface area (Å²) in [6, 6.07) is 9.11. The van der Waals surface area contributed by atoms with E-state index in [9.17, 15) is 0 Å². The zero-order chi connectivity index (χ0) is 14.4. The van der Waals surface area contributed by atoms with Gasteiger partial charge in [0.2, 0.25) is 0 Å². The highest BCUT2D eigenvalue weighted by Gasteiger charge is 2.17. The van der Waals surface area contributed by atoms with Gasteiger partial charge in [0.05, 0.1) is 0 Å². The monoisotopic (exact) mass is 336 g/mol. The van der Waals surface area contributed by atoms with E-state index in [1.165, 1.54) is 41.5 Å². The Hall–Kier alpha value is -0.640. The van der Waals surface area contributed by atoms with E-state index in [4.69, 9.17) is 0 Å². The second-order valence-electron chi connectivity index (χ2n) is 5.83. The molecule has 1 aliphatic heterocycles. The molecule has 0 unspecified atom stereocenters. The first-order valence-corrected chi connectivity index (χ1v) is 8.27. The van der Waals surface area contributed by atoms with Gasteiger partial charge in [-0.15, -0.1) is 0 Å². The van der Waals surface area contributed by atoms with Crippen LogP contribution in [0.25, 0.3) is 0 Å². The van der Waals surface area contributed by atoms with Crippen molar-refractivity contribution >= 4 is 15.9 Å². The molecule has 1 aliphatic rings. The van der Waals surface area contributed by atoms with Gasteiger partial charge in [-0.3, -0.25) is 4.90 Å². The van der Waals surface area contributed by atoms with Crippen molar-refractivity contribution in [2.45, 2.75) is 39.3 Å². The second kappa shape index (κ2) is 7.96. The summed E-state index contributed by atoms with van der Waals surface area (Å²) in [5.41, 5.74) is 2.76. The van der Waals surface area contributed by atoms with E-state index < -0.39 is 0 Å². The molecule has 20 heavy (non-hydrogen) atoms. The number of piperidine rings is 1. The standard InChI is InChI=1S/C17H25BrN2/c1-14(2)7-10-20-11-8-16(9-12-20)19-13-15-5-3-4-6-17(15)18/h3-7,16,19H,8-13H2,1-2H3. The summed E-state index contributed by atoms with van der Waals surface area (Å²) in [4.78, 5) is 2.55. The fourth-order valence-corrected chi connectivity index (χ4v) is 2.95. The molecule has 1 N–H and O–H groups in total. The average molecular weight is 337 g/mol. The molecule has 3 heteroatoms. The SMILES string of the molecule is CC(C)=CCN1CCC(NCc2ccccc2Br)CC1. The van der Waals surface area contributed by atoms with Gasteiger partial charge in [-0.1, -0.05) is 45.8 Å². The molecule has 1 aromatic rings. The van der Waals surface area contributed by atoms with Gasteiger partial charge >= 0.3 is 0 Å². The molecule has 0 atom stereocenters. The van der Waals surface area contributed by atoms with Crippen LogP contribution < -0.4 is 5.32 Å². The topological polar surface area (TPSA) is 15.3 Å². The van der Waals surface area contributed by atoms with Crippen LogP contribution in [0.1, 0.15) is 32.3 Å². The van der Waals surface area contributed by atoms with Crippen molar-refractivity contribution in [2.75, 3.05) is 19.6 Å². The van der Waals surface area contributed by atoms with Crippen molar-refractivity contribution in [1.82, 2.24) is 10.2 Å². The fraction of sp³-hybridized carbons (Fsp3) is 0.529. The molecule has 0 saturated carbocycles. The van der Waals surface area contributed by atoms with Gasteiger partial charge in [0, 0.05) is 23.6 Å². The zero-order valence-electron chi connectivity index (χ0n) is 12.5. The molecule has 1 aromatic carbocycles. The smallest absolute Gasteiger partial charge is 0.0220 e. The number of nitrogens with zero attached hydrogens (tertiary/aromatic N) is 1. The molecular formula is C17H25BrN2. The molecule has 0 radical (unpaired) electrons. The first-order valence-electron chi connectivity index (χ1n) is 7.47. The summed E-state index contributed by atoms with van der Waals surface area (Å²) in [6.07, 6.45) is 4.83. The number of hydrogen-bond donors (Lipinski definition) is 1. The highest BCUT2D eigenvalue weighted by atomic mass is 79.9. The van der Waals surface area contributed by atoms with Gasteiger partial charge in [-0.05, 0) is 51.4 Å². The minimum Gasteiger partial charge on any atom is -0.310 e. The van der Waals surface area contributed by atoms with E-state index in [1.807, 2.05) is 0 Å². The Kier molecular flexibility index (Phi) is 6.27. The largest absolute Gasteiger partial charge is 0.310 e. The Balaban J connectivity index is 1.72. The number of hydrogen-bond acceptors (Lipinski definition) is 2. The number of likely N-dealkylation sites (tertiary alicyclic amines) is 1. The van der Waals surface area contributed by atoms with Crippen molar-refractivity contribution in [2.24, 2.45) is 0 Å². The van der Waals surface area contributed by atoms with Gasteiger partial charge in [0.1, 0.15) is 0 Å². The van der Waals surface area contributed by atoms with Crippen LogP contribution in [-0.4, -0.2) is 30.6 Å². The molecule has 0 aromatic heterocycles. The van der Waals surface area contributed by atoms with E-state index in [2.05, 4.69) is 70.3 Å². The van der Waals surface area contributed by atoms with Crippen LogP contribution >= 0.6 is 15.9 Å². The van der Waals surface area contributed by atoms with Gasteiger partial charge in [-0.25, -0.2) is 0 Å². The second-order valence-corrected chi connectivity index (χ2v) is 6.68. The highest BCUT2D eigenvalue weighted by Crippen LogP contribution is 2.17. The van der Waals surface area contributed by atoms with Crippen LogP contribution in [0.4, 0.5) is 0 Å². The van der Waals surface area contributed by atoms with Crippen molar-refractivity contribution in [1.29, 1.82) is 0 Å². The predicted octanol–water partition coefficient (Wildman–Crippen LogP) is 3.97. The van der Waals surface area contributed by atoms with Crippen LogP contribution in [0.3, 0.4) is 0 Å². The van der Waals surface area contributed by atoms with Crippen LogP contribution in [0.5, 0.6) is 0 Å². The molecule has 1 heterocycles. The van der Waals surface area contributed by atoms with Gasteiger partial charge in [-0.2, -0.15) is 0 Å². The number of allylic oxidation sites excluding steroid dienone is 1. The lowest BCUT2D eigenvalue weighted by atomic mass is 10.0. The normalized spacial score (nSPS) is 17.1.